The molecule has 0 aliphatic rings. The van der Waals surface area contributed by atoms with Gasteiger partial charge in [0.25, 0.3) is 0 Å². The molecule has 2 aromatic carbocycles. The van der Waals surface area contributed by atoms with Gasteiger partial charge in [-0.1, -0.05) is 0 Å². The second kappa shape index (κ2) is 5.28. The summed E-state index contributed by atoms with van der Waals surface area (Å²) in [7, 11) is 4.21. The second-order valence-corrected chi connectivity index (χ2v) is 4.79. The zero-order valence-corrected chi connectivity index (χ0v) is 12.7. The molecule has 0 saturated heterocycles. The summed E-state index contributed by atoms with van der Waals surface area (Å²) in [5.41, 5.74) is -0.0801. The van der Waals surface area contributed by atoms with E-state index < -0.39 is 16.9 Å². The lowest BCUT2D eigenvalue weighted by atomic mass is 10.1. The maximum atomic E-state index is 12.8. The summed E-state index contributed by atoms with van der Waals surface area (Å²) in [5.74, 6) is -0.346. The average molecular weight is 318 g/mol. The first-order chi connectivity index (χ1) is 11.0. The highest BCUT2D eigenvalue weighted by molar-refractivity contribution is 5.96. The van der Waals surface area contributed by atoms with Gasteiger partial charge in [-0.3, -0.25) is 4.79 Å². The molecule has 120 valence electrons. The number of hydrogen-bond acceptors (Lipinski definition) is 7. The molecule has 2 N–H and O–H groups in total. The lowest BCUT2D eigenvalue weighted by Crippen LogP contribution is -2.05. The highest BCUT2D eigenvalue weighted by Crippen LogP contribution is 2.42. The lowest BCUT2D eigenvalue weighted by molar-refractivity contribution is 0.353. The fourth-order valence-electron chi connectivity index (χ4n) is 2.48. The maximum absolute atomic E-state index is 12.8. The van der Waals surface area contributed by atoms with E-state index in [4.69, 9.17) is 18.6 Å². The Morgan fingerprint density at radius 1 is 0.913 bits per heavy atom. The molecule has 0 bridgehead atoms. The zero-order valence-electron chi connectivity index (χ0n) is 12.7. The summed E-state index contributed by atoms with van der Waals surface area (Å²) in [6.07, 6.45) is 0. The Kier molecular flexibility index (Phi) is 3.40. The minimum Gasteiger partial charge on any atom is -0.504 e. The van der Waals surface area contributed by atoms with Gasteiger partial charge in [-0.25, -0.2) is 0 Å². The van der Waals surface area contributed by atoms with Gasteiger partial charge in [0, 0.05) is 12.1 Å². The largest absolute Gasteiger partial charge is 0.504 e. The van der Waals surface area contributed by atoms with Crippen molar-refractivity contribution in [2.75, 3.05) is 21.3 Å². The van der Waals surface area contributed by atoms with Crippen LogP contribution in [0.4, 0.5) is 0 Å². The Balaban J connectivity index is 2.53. The minimum absolute atomic E-state index is 0.0301. The molecule has 3 aromatic rings. The summed E-state index contributed by atoms with van der Waals surface area (Å²) < 4.78 is 21.1. The van der Waals surface area contributed by atoms with E-state index in [0.717, 1.165) is 6.07 Å². The number of methoxy groups -OCH3 is 3. The number of fused-ring (bicyclic) bond motifs is 2. The molecule has 0 amide bonds. The van der Waals surface area contributed by atoms with Gasteiger partial charge < -0.3 is 28.8 Å². The first-order valence-electron chi connectivity index (χ1n) is 6.63. The minimum atomic E-state index is -0.521. The van der Waals surface area contributed by atoms with Crippen LogP contribution in [0.3, 0.4) is 0 Å². The maximum Gasteiger partial charge on any atom is 0.204 e. The fourth-order valence-corrected chi connectivity index (χ4v) is 2.48. The topological polar surface area (TPSA) is 98.4 Å². The third kappa shape index (κ3) is 2.09. The number of phenolic OH excluding ortho intramolecular Hbond substituents is 2. The molecule has 7 heteroatoms. The smallest absolute Gasteiger partial charge is 0.204 e. The van der Waals surface area contributed by atoms with E-state index >= 15 is 0 Å². The van der Waals surface area contributed by atoms with Gasteiger partial charge in [-0.05, 0) is 6.07 Å². The first kappa shape index (κ1) is 14.8. The summed E-state index contributed by atoms with van der Waals surface area (Å²) in [5, 5.41) is 19.9. The number of phenols is 2. The number of ether oxygens (including phenoxy) is 3. The fraction of sp³-hybridized carbons (Fsp3) is 0.188. The molecule has 23 heavy (non-hydrogen) atoms. The van der Waals surface area contributed by atoms with Crippen LogP contribution >= 0.6 is 0 Å². The lowest BCUT2D eigenvalue weighted by Gasteiger charge is -2.11. The Morgan fingerprint density at radius 3 is 2.17 bits per heavy atom. The van der Waals surface area contributed by atoms with Crippen molar-refractivity contribution in [2.45, 2.75) is 0 Å². The number of aromatic hydroxyl groups is 2. The van der Waals surface area contributed by atoms with Crippen molar-refractivity contribution in [1.82, 2.24) is 0 Å². The third-order valence-corrected chi connectivity index (χ3v) is 3.58. The van der Waals surface area contributed by atoms with Crippen molar-refractivity contribution in [3.05, 3.63) is 28.4 Å². The van der Waals surface area contributed by atoms with Crippen molar-refractivity contribution < 1.29 is 28.8 Å². The van der Waals surface area contributed by atoms with Crippen LogP contribution < -0.4 is 19.6 Å². The van der Waals surface area contributed by atoms with Crippen LogP contribution in [0.1, 0.15) is 0 Å². The van der Waals surface area contributed by atoms with Crippen LogP contribution in [0.15, 0.2) is 27.4 Å². The van der Waals surface area contributed by atoms with Crippen LogP contribution in [-0.2, 0) is 0 Å². The highest BCUT2D eigenvalue weighted by atomic mass is 16.5. The van der Waals surface area contributed by atoms with E-state index in [1.807, 2.05) is 0 Å². The van der Waals surface area contributed by atoms with Gasteiger partial charge in [0.1, 0.15) is 16.6 Å². The molecule has 0 fully saturated rings. The van der Waals surface area contributed by atoms with Gasteiger partial charge >= 0.3 is 0 Å². The summed E-state index contributed by atoms with van der Waals surface area (Å²) in [6, 6.07) is 4.17. The van der Waals surface area contributed by atoms with Crippen LogP contribution in [-0.4, -0.2) is 31.5 Å². The van der Waals surface area contributed by atoms with Gasteiger partial charge in [-0.2, -0.15) is 0 Å². The number of hydrogen-bond donors (Lipinski definition) is 2. The number of benzene rings is 2. The standard InChI is InChI=1S/C16H14O7/c1-20-10-4-7-9(6-11(10)21-2)23-12-5-8(17)15(19)16(22-3)13(12)14(7)18/h4-6,17,19H,1-3H3. The second-order valence-electron chi connectivity index (χ2n) is 4.79. The molecular formula is C16H14O7. The summed E-state index contributed by atoms with van der Waals surface area (Å²) in [6.45, 7) is 0. The van der Waals surface area contributed by atoms with Crippen LogP contribution in [0, 0.1) is 0 Å². The van der Waals surface area contributed by atoms with Crippen molar-refractivity contribution in [2.24, 2.45) is 0 Å². The van der Waals surface area contributed by atoms with E-state index in [9.17, 15) is 15.0 Å². The predicted molar refractivity (Wildman–Crippen MR) is 83.0 cm³/mol. The molecule has 0 aliphatic carbocycles. The zero-order chi connectivity index (χ0) is 16.7. The summed E-state index contributed by atoms with van der Waals surface area (Å²) >= 11 is 0. The molecule has 0 aliphatic heterocycles. The molecule has 0 unspecified atom stereocenters. The van der Waals surface area contributed by atoms with Crippen LogP contribution in [0.5, 0.6) is 28.7 Å². The Hall–Kier alpha value is -3.09. The average Bonchev–Trinajstić information content (AvgIpc) is 2.55. The van der Waals surface area contributed by atoms with E-state index in [1.165, 1.54) is 33.5 Å². The van der Waals surface area contributed by atoms with E-state index in [1.54, 1.807) is 0 Å². The third-order valence-electron chi connectivity index (χ3n) is 3.58. The first-order valence-corrected chi connectivity index (χ1v) is 6.63. The molecule has 0 saturated carbocycles. The molecule has 0 radical (unpaired) electrons. The van der Waals surface area contributed by atoms with Crippen molar-refractivity contribution in [3.8, 4) is 28.7 Å². The quantitative estimate of drug-likeness (QED) is 0.565. The van der Waals surface area contributed by atoms with Crippen molar-refractivity contribution in [1.29, 1.82) is 0 Å². The van der Waals surface area contributed by atoms with Crippen LogP contribution in [0.2, 0.25) is 0 Å². The van der Waals surface area contributed by atoms with E-state index in [0.29, 0.717) is 11.5 Å². The molecule has 1 heterocycles. The molecule has 0 spiro atoms. The van der Waals surface area contributed by atoms with Gasteiger partial charge in [0.15, 0.2) is 23.0 Å². The molecule has 7 nitrogen and oxygen atoms in total. The molecule has 3 rings (SSSR count). The van der Waals surface area contributed by atoms with Crippen LogP contribution in [0.25, 0.3) is 21.9 Å². The molecular weight excluding hydrogens is 304 g/mol. The Morgan fingerprint density at radius 2 is 1.57 bits per heavy atom. The SMILES string of the molecule is COc1cc2oc3cc(O)c(O)c(OC)c3c(=O)c2cc1OC. The Labute approximate surface area is 130 Å². The number of rotatable bonds is 3. The van der Waals surface area contributed by atoms with Gasteiger partial charge in [0.2, 0.25) is 11.2 Å². The summed E-state index contributed by atoms with van der Waals surface area (Å²) in [4.78, 5) is 12.8. The molecule has 0 atom stereocenters. The Bertz CT molecular complexity index is 972. The highest BCUT2D eigenvalue weighted by Gasteiger charge is 2.20. The predicted octanol–water partition coefficient (Wildman–Crippen LogP) is 2.38. The van der Waals surface area contributed by atoms with Crippen molar-refractivity contribution >= 4 is 21.9 Å². The monoisotopic (exact) mass is 318 g/mol. The van der Waals surface area contributed by atoms with Crippen molar-refractivity contribution in [3.63, 3.8) is 0 Å². The normalized spacial score (nSPS) is 10.9. The van der Waals surface area contributed by atoms with E-state index in [2.05, 4.69) is 0 Å². The van der Waals surface area contributed by atoms with Gasteiger partial charge in [0.05, 0.1) is 26.7 Å². The van der Waals surface area contributed by atoms with Gasteiger partial charge in [-0.15, -0.1) is 0 Å². The van der Waals surface area contributed by atoms with E-state index in [-0.39, 0.29) is 27.7 Å². The molecule has 1 aromatic heterocycles.